The van der Waals surface area contributed by atoms with Crippen molar-refractivity contribution < 1.29 is 23.8 Å². The SMILES string of the molecule is CC/C=C\C/C=C\C/C=C\C/C=C\CCC(=O)OC(COCCCCCCCC)COC(=O)CCCCCCCCC/C=C\CCCCCCCC. The van der Waals surface area contributed by atoms with Gasteiger partial charge in [0.1, 0.15) is 6.61 Å². The lowest BCUT2D eigenvalue weighted by Gasteiger charge is -2.18. The first-order valence-corrected chi connectivity index (χ1v) is 21.8. The molecule has 0 fully saturated rings. The number of esters is 2. The molecule has 0 aromatic rings. The molecular weight excluding hydrogens is 645 g/mol. The molecule has 0 rings (SSSR count). The Morgan fingerprint density at radius 1 is 0.442 bits per heavy atom. The molecule has 300 valence electrons. The van der Waals surface area contributed by atoms with Crippen LogP contribution in [0.15, 0.2) is 60.8 Å². The zero-order chi connectivity index (χ0) is 37.8. The van der Waals surface area contributed by atoms with Gasteiger partial charge < -0.3 is 14.2 Å². The average molecular weight is 727 g/mol. The zero-order valence-corrected chi connectivity index (χ0v) is 34.3. The number of ether oxygens (including phenoxy) is 3. The van der Waals surface area contributed by atoms with Crippen molar-refractivity contribution in [1.82, 2.24) is 0 Å². The van der Waals surface area contributed by atoms with Crippen LogP contribution in [0.5, 0.6) is 0 Å². The lowest BCUT2D eigenvalue weighted by molar-refractivity contribution is -0.162. The van der Waals surface area contributed by atoms with Crippen LogP contribution >= 0.6 is 0 Å². The standard InChI is InChI=1S/C47H82O5/c1-4-7-10-13-16-18-20-22-23-24-25-27-28-30-32-34-37-40-46(48)51-44-45(43-50-42-39-36-15-12-9-6-3)52-47(49)41-38-35-33-31-29-26-21-19-17-14-11-8-5-2/h8,11,17,19,22-23,26,29,33,35,45H,4-7,9-10,12-16,18,20-21,24-25,27-28,30-32,34,36-44H2,1-3H3/b11-8-,19-17-,23-22-,29-26-,35-33-. The number of carbonyl (C=O) groups is 2. The first kappa shape index (κ1) is 49.6. The summed E-state index contributed by atoms with van der Waals surface area (Å²) in [6.45, 7) is 7.58. The van der Waals surface area contributed by atoms with Crippen molar-refractivity contribution in [2.45, 2.75) is 207 Å². The molecule has 5 nitrogen and oxygen atoms in total. The maximum Gasteiger partial charge on any atom is 0.306 e. The quantitative estimate of drug-likeness (QED) is 0.0358. The van der Waals surface area contributed by atoms with E-state index in [9.17, 15) is 9.59 Å². The van der Waals surface area contributed by atoms with Gasteiger partial charge in [-0.3, -0.25) is 9.59 Å². The van der Waals surface area contributed by atoms with Gasteiger partial charge >= 0.3 is 11.9 Å². The molecule has 0 aliphatic carbocycles. The molecule has 0 aliphatic rings. The highest BCUT2D eigenvalue weighted by atomic mass is 16.6. The van der Waals surface area contributed by atoms with Crippen molar-refractivity contribution in [3.05, 3.63) is 60.8 Å². The van der Waals surface area contributed by atoms with Crippen molar-refractivity contribution in [1.29, 1.82) is 0 Å². The third-order valence-electron chi connectivity index (χ3n) is 9.05. The number of allylic oxidation sites excluding steroid dienone is 10. The van der Waals surface area contributed by atoms with Crippen LogP contribution in [0.25, 0.3) is 0 Å². The molecule has 0 N–H and O–H groups in total. The lowest BCUT2D eigenvalue weighted by Crippen LogP contribution is -2.30. The summed E-state index contributed by atoms with van der Waals surface area (Å²) in [5.41, 5.74) is 0. The number of hydrogen-bond donors (Lipinski definition) is 0. The van der Waals surface area contributed by atoms with Crippen molar-refractivity contribution in [3.8, 4) is 0 Å². The fraction of sp³-hybridized carbons (Fsp3) is 0.745. The largest absolute Gasteiger partial charge is 0.462 e. The fourth-order valence-electron chi connectivity index (χ4n) is 5.81. The minimum atomic E-state index is -0.570. The lowest BCUT2D eigenvalue weighted by atomic mass is 10.1. The van der Waals surface area contributed by atoms with E-state index in [1.54, 1.807) is 0 Å². The van der Waals surface area contributed by atoms with E-state index in [1.807, 2.05) is 6.08 Å². The van der Waals surface area contributed by atoms with Crippen LogP contribution in [0.1, 0.15) is 201 Å². The Hall–Kier alpha value is -2.40. The predicted molar refractivity (Wildman–Crippen MR) is 224 cm³/mol. The van der Waals surface area contributed by atoms with Gasteiger partial charge in [0.25, 0.3) is 0 Å². The molecule has 0 aromatic carbocycles. The molecule has 0 bridgehead atoms. The molecule has 0 amide bonds. The molecule has 52 heavy (non-hydrogen) atoms. The Balaban J connectivity index is 4.20. The summed E-state index contributed by atoms with van der Waals surface area (Å²) in [6.07, 6.45) is 52.4. The van der Waals surface area contributed by atoms with Crippen molar-refractivity contribution >= 4 is 11.9 Å². The van der Waals surface area contributed by atoms with Crippen LogP contribution in [0, 0.1) is 0 Å². The van der Waals surface area contributed by atoms with Crippen LogP contribution in [0.3, 0.4) is 0 Å². The molecule has 1 atom stereocenters. The zero-order valence-electron chi connectivity index (χ0n) is 34.3. The molecule has 0 saturated carbocycles. The second-order valence-electron chi connectivity index (χ2n) is 14.2. The van der Waals surface area contributed by atoms with Crippen molar-refractivity contribution in [2.24, 2.45) is 0 Å². The minimum absolute atomic E-state index is 0.0540. The summed E-state index contributed by atoms with van der Waals surface area (Å²) >= 11 is 0. The van der Waals surface area contributed by atoms with Gasteiger partial charge in [0.2, 0.25) is 0 Å². The predicted octanol–water partition coefficient (Wildman–Crippen LogP) is 14.2. The maximum absolute atomic E-state index is 12.6. The van der Waals surface area contributed by atoms with Gasteiger partial charge in [-0.1, -0.05) is 178 Å². The van der Waals surface area contributed by atoms with Gasteiger partial charge in [-0.15, -0.1) is 0 Å². The molecule has 5 heteroatoms. The average Bonchev–Trinajstić information content (AvgIpc) is 3.14. The van der Waals surface area contributed by atoms with Gasteiger partial charge in [-0.25, -0.2) is 0 Å². The second kappa shape index (κ2) is 43.0. The Kier molecular flexibility index (Phi) is 41.0. The summed E-state index contributed by atoms with van der Waals surface area (Å²) in [4.78, 5) is 25.1. The Labute approximate surface area is 322 Å². The summed E-state index contributed by atoms with van der Waals surface area (Å²) in [6, 6.07) is 0. The van der Waals surface area contributed by atoms with Crippen LogP contribution in [0.4, 0.5) is 0 Å². The topological polar surface area (TPSA) is 61.8 Å². The van der Waals surface area contributed by atoms with Gasteiger partial charge in [0.15, 0.2) is 6.10 Å². The molecule has 0 aromatic heterocycles. The van der Waals surface area contributed by atoms with E-state index in [4.69, 9.17) is 14.2 Å². The summed E-state index contributed by atoms with van der Waals surface area (Å²) in [7, 11) is 0. The Morgan fingerprint density at radius 3 is 1.46 bits per heavy atom. The highest BCUT2D eigenvalue weighted by Gasteiger charge is 2.17. The van der Waals surface area contributed by atoms with Gasteiger partial charge in [-0.2, -0.15) is 0 Å². The number of hydrogen-bond acceptors (Lipinski definition) is 5. The number of carbonyl (C=O) groups excluding carboxylic acids is 2. The van der Waals surface area contributed by atoms with E-state index < -0.39 is 6.10 Å². The first-order valence-electron chi connectivity index (χ1n) is 21.8. The normalized spacial score (nSPS) is 12.8. The fourth-order valence-corrected chi connectivity index (χ4v) is 5.81. The summed E-state index contributed by atoms with van der Waals surface area (Å²) in [5.74, 6) is -0.500. The second-order valence-corrected chi connectivity index (χ2v) is 14.2. The van der Waals surface area contributed by atoms with E-state index >= 15 is 0 Å². The van der Waals surface area contributed by atoms with Crippen LogP contribution < -0.4 is 0 Å². The Bertz CT molecular complexity index is 915. The smallest absolute Gasteiger partial charge is 0.306 e. The van der Waals surface area contributed by atoms with Crippen LogP contribution in [-0.2, 0) is 23.8 Å². The first-order chi connectivity index (χ1) is 25.6. The van der Waals surface area contributed by atoms with Crippen molar-refractivity contribution in [2.75, 3.05) is 19.8 Å². The summed E-state index contributed by atoms with van der Waals surface area (Å²) < 4.78 is 17.1. The Morgan fingerprint density at radius 2 is 0.904 bits per heavy atom. The van der Waals surface area contributed by atoms with Crippen LogP contribution in [0.2, 0.25) is 0 Å². The molecule has 0 aliphatic heterocycles. The van der Waals surface area contributed by atoms with Crippen molar-refractivity contribution in [3.63, 3.8) is 0 Å². The molecular formula is C47H82O5. The molecule has 1 unspecified atom stereocenters. The van der Waals surface area contributed by atoms with E-state index in [2.05, 4.69) is 75.5 Å². The maximum atomic E-state index is 12.6. The van der Waals surface area contributed by atoms with E-state index in [1.165, 1.54) is 103 Å². The third-order valence-corrected chi connectivity index (χ3v) is 9.05. The third kappa shape index (κ3) is 40.4. The number of rotatable bonds is 39. The van der Waals surface area contributed by atoms with E-state index in [0.29, 0.717) is 25.9 Å². The van der Waals surface area contributed by atoms with E-state index in [0.717, 1.165) is 57.8 Å². The summed E-state index contributed by atoms with van der Waals surface area (Å²) in [5, 5.41) is 0. The molecule has 0 spiro atoms. The molecule has 0 saturated heterocycles. The highest BCUT2D eigenvalue weighted by Crippen LogP contribution is 2.12. The van der Waals surface area contributed by atoms with Gasteiger partial charge in [0, 0.05) is 19.4 Å². The van der Waals surface area contributed by atoms with Crippen LogP contribution in [-0.4, -0.2) is 37.9 Å². The number of unbranched alkanes of at least 4 members (excludes halogenated alkanes) is 18. The molecule has 0 radical (unpaired) electrons. The van der Waals surface area contributed by atoms with Gasteiger partial charge in [-0.05, 0) is 70.6 Å². The molecule has 0 heterocycles. The highest BCUT2D eigenvalue weighted by molar-refractivity contribution is 5.70. The van der Waals surface area contributed by atoms with E-state index in [-0.39, 0.29) is 25.2 Å². The van der Waals surface area contributed by atoms with Gasteiger partial charge in [0.05, 0.1) is 6.61 Å². The minimum Gasteiger partial charge on any atom is -0.462 e. The monoisotopic (exact) mass is 727 g/mol.